The van der Waals surface area contributed by atoms with Gasteiger partial charge in [0.1, 0.15) is 24.1 Å². The Morgan fingerprint density at radius 1 is 1.19 bits per heavy atom. The predicted octanol–water partition coefficient (Wildman–Crippen LogP) is 5.34. The quantitative estimate of drug-likeness (QED) is 0.398. The van der Waals surface area contributed by atoms with Crippen LogP contribution in [0, 0.1) is 11.6 Å². The first kappa shape index (κ1) is 27.3. The van der Waals surface area contributed by atoms with Crippen LogP contribution in [-0.2, 0) is 16.0 Å². The Kier molecular flexibility index (Phi) is 8.81. The molecule has 0 radical (unpaired) electrons. The molecular weight excluding hydrogens is 492 g/mol. The van der Waals surface area contributed by atoms with E-state index < -0.39 is 23.6 Å². The van der Waals surface area contributed by atoms with E-state index in [1.54, 1.807) is 39.1 Å². The van der Waals surface area contributed by atoms with Crippen LogP contribution in [0.1, 0.15) is 32.3 Å². The number of likely N-dealkylation sites (N-methyl/N-ethyl adjacent to an activating group) is 1. The van der Waals surface area contributed by atoms with Gasteiger partial charge in [0.05, 0.1) is 16.7 Å². The van der Waals surface area contributed by atoms with Crippen molar-refractivity contribution in [2.45, 2.75) is 44.8 Å². The van der Waals surface area contributed by atoms with Crippen molar-refractivity contribution in [3.63, 3.8) is 0 Å². The monoisotopic (exact) mass is 519 g/mol. The number of hydrogen-bond acceptors (Lipinski definition) is 5. The first-order valence-electron chi connectivity index (χ1n) is 11.3. The lowest BCUT2D eigenvalue weighted by Gasteiger charge is -2.32. The molecular formula is C26H28ClF2N3O4. The van der Waals surface area contributed by atoms with Crippen LogP contribution in [0.15, 0.2) is 48.7 Å². The summed E-state index contributed by atoms with van der Waals surface area (Å²) in [6.45, 7) is 3.00. The van der Waals surface area contributed by atoms with E-state index in [9.17, 15) is 23.5 Å². The fraction of sp³-hybridized carbons (Fsp3) is 0.346. The summed E-state index contributed by atoms with van der Waals surface area (Å²) in [6.07, 6.45) is 1.06. The number of nitrogens with zero attached hydrogens (tertiary/aromatic N) is 2. The van der Waals surface area contributed by atoms with Gasteiger partial charge in [0, 0.05) is 25.1 Å². The zero-order valence-electron chi connectivity index (χ0n) is 20.2. The molecule has 1 aromatic heterocycles. The second-order valence-electron chi connectivity index (χ2n) is 9.17. The number of hydrogen-bond donors (Lipinski definition) is 2. The number of carbonyl (C=O) groups is 2. The van der Waals surface area contributed by atoms with Crippen molar-refractivity contribution < 1.29 is 28.2 Å². The van der Waals surface area contributed by atoms with Crippen LogP contribution in [0.2, 0.25) is 5.02 Å². The molecule has 2 N–H and O–H groups in total. The number of aliphatic hydroxyl groups is 1. The van der Waals surface area contributed by atoms with Gasteiger partial charge in [-0.3, -0.25) is 10.1 Å². The van der Waals surface area contributed by atoms with Gasteiger partial charge in [-0.2, -0.15) is 0 Å². The minimum atomic E-state index is -1.14. The highest BCUT2D eigenvalue weighted by Gasteiger charge is 2.28. The molecule has 0 saturated carbocycles. The molecule has 0 aliphatic carbocycles. The summed E-state index contributed by atoms with van der Waals surface area (Å²) in [4.78, 5) is 30.7. The average molecular weight is 520 g/mol. The lowest BCUT2D eigenvalue weighted by atomic mass is 9.98. The standard InChI is InChI=1S/C26H28ClF2N3O4/c1-26(2,35)13-20(32(3)23(33)10-8-16-5-4-6-21(29)24(16)27)15-36-25(34)31-22-12-17-7-9-19(28)11-18(17)14-30-22/h4-7,9,11-12,14,20,35H,8,10,13,15H2,1-3H3,(H,30,31,34)/t20-/m0/s1. The molecule has 2 amide bonds. The molecule has 0 saturated heterocycles. The molecule has 0 spiro atoms. The lowest BCUT2D eigenvalue weighted by molar-refractivity contribution is -0.134. The van der Waals surface area contributed by atoms with Crippen molar-refractivity contribution in [2.24, 2.45) is 0 Å². The van der Waals surface area contributed by atoms with Gasteiger partial charge in [-0.25, -0.2) is 18.6 Å². The Hall–Kier alpha value is -3.30. The Morgan fingerprint density at radius 2 is 1.94 bits per heavy atom. The molecule has 10 heteroatoms. The number of amides is 2. The van der Waals surface area contributed by atoms with Gasteiger partial charge in [-0.05, 0) is 61.9 Å². The summed E-state index contributed by atoms with van der Waals surface area (Å²) in [6, 6.07) is 9.58. The Morgan fingerprint density at radius 3 is 2.67 bits per heavy atom. The smallest absolute Gasteiger partial charge is 0.412 e. The molecule has 2 aromatic carbocycles. The molecule has 192 valence electrons. The third kappa shape index (κ3) is 7.60. The highest BCUT2D eigenvalue weighted by molar-refractivity contribution is 6.31. The molecule has 0 aliphatic rings. The largest absolute Gasteiger partial charge is 0.447 e. The number of anilines is 1. The zero-order valence-corrected chi connectivity index (χ0v) is 21.0. The number of fused-ring (bicyclic) bond motifs is 1. The zero-order chi connectivity index (χ0) is 26.5. The molecule has 3 aromatic rings. The number of pyridine rings is 1. The van der Waals surface area contributed by atoms with Crippen molar-refractivity contribution in [3.8, 4) is 0 Å². The van der Waals surface area contributed by atoms with Crippen LogP contribution in [0.3, 0.4) is 0 Å². The van der Waals surface area contributed by atoms with E-state index in [0.29, 0.717) is 16.3 Å². The van der Waals surface area contributed by atoms with Crippen molar-refractivity contribution >= 4 is 40.2 Å². The fourth-order valence-electron chi connectivity index (χ4n) is 3.74. The maximum absolute atomic E-state index is 13.7. The van der Waals surface area contributed by atoms with Crippen LogP contribution in [0.5, 0.6) is 0 Å². The summed E-state index contributed by atoms with van der Waals surface area (Å²) < 4.78 is 32.3. The van der Waals surface area contributed by atoms with Crippen LogP contribution >= 0.6 is 11.6 Å². The number of halogens is 3. The van der Waals surface area contributed by atoms with Gasteiger partial charge in [0.15, 0.2) is 0 Å². The number of rotatable bonds is 9. The van der Waals surface area contributed by atoms with Crippen LogP contribution < -0.4 is 5.32 Å². The summed E-state index contributed by atoms with van der Waals surface area (Å²) in [5, 5.41) is 14.1. The lowest BCUT2D eigenvalue weighted by Crippen LogP contribution is -2.45. The molecule has 1 heterocycles. The molecule has 3 rings (SSSR count). The summed E-state index contributed by atoms with van der Waals surface area (Å²) in [7, 11) is 1.55. The molecule has 0 unspecified atom stereocenters. The number of aromatic nitrogens is 1. The minimum Gasteiger partial charge on any atom is -0.447 e. The molecule has 0 aliphatic heterocycles. The topological polar surface area (TPSA) is 91.8 Å². The third-order valence-corrected chi connectivity index (χ3v) is 6.06. The predicted molar refractivity (Wildman–Crippen MR) is 134 cm³/mol. The van der Waals surface area contributed by atoms with E-state index in [1.807, 2.05) is 0 Å². The van der Waals surface area contributed by atoms with E-state index in [2.05, 4.69) is 10.3 Å². The van der Waals surface area contributed by atoms with Gasteiger partial charge in [0.25, 0.3) is 0 Å². The van der Waals surface area contributed by atoms with Gasteiger partial charge >= 0.3 is 6.09 Å². The molecule has 0 fully saturated rings. The van der Waals surface area contributed by atoms with Crippen LogP contribution in [-0.4, -0.2) is 52.3 Å². The van der Waals surface area contributed by atoms with Crippen molar-refractivity contribution in [1.82, 2.24) is 9.88 Å². The highest BCUT2D eigenvalue weighted by atomic mass is 35.5. The molecule has 7 nitrogen and oxygen atoms in total. The van der Waals surface area contributed by atoms with Crippen molar-refractivity contribution in [3.05, 3.63) is 70.9 Å². The maximum Gasteiger partial charge on any atom is 0.412 e. The van der Waals surface area contributed by atoms with Crippen molar-refractivity contribution in [1.29, 1.82) is 0 Å². The summed E-state index contributed by atoms with van der Waals surface area (Å²) in [5.74, 6) is -1.01. The summed E-state index contributed by atoms with van der Waals surface area (Å²) in [5.41, 5.74) is -0.626. The number of carbonyl (C=O) groups excluding carboxylic acids is 2. The van der Waals surface area contributed by atoms with Crippen LogP contribution in [0.25, 0.3) is 10.8 Å². The van der Waals surface area contributed by atoms with Gasteiger partial charge in [-0.1, -0.05) is 29.8 Å². The van der Waals surface area contributed by atoms with Gasteiger partial charge < -0.3 is 14.7 Å². The van der Waals surface area contributed by atoms with E-state index in [1.165, 1.54) is 35.4 Å². The fourth-order valence-corrected chi connectivity index (χ4v) is 3.96. The Labute approximate surface area is 213 Å². The Balaban J connectivity index is 1.61. The van der Waals surface area contributed by atoms with E-state index in [4.69, 9.17) is 16.3 Å². The van der Waals surface area contributed by atoms with E-state index in [-0.39, 0.29) is 48.4 Å². The molecule has 1 atom stereocenters. The minimum absolute atomic E-state index is 0.0200. The van der Waals surface area contributed by atoms with Crippen molar-refractivity contribution in [2.75, 3.05) is 19.0 Å². The molecule has 36 heavy (non-hydrogen) atoms. The third-order valence-electron chi connectivity index (χ3n) is 5.64. The Bertz CT molecular complexity index is 1250. The average Bonchev–Trinajstić information content (AvgIpc) is 2.81. The number of aryl methyl sites for hydroxylation is 1. The second kappa shape index (κ2) is 11.6. The normalized spacial score (nSPS) is 12.3. The van der Waals surface area contributed by atoms with Crippen LogP contribution in [0.4, 0.5) is 19.4 Å². The number of ether oxygens (including phenoxy) is 1. The number of benzene rings is 2. The summed E-state index contributed by atoms with van der Waals surface area (Å²) >= 11 is 5.98. The van der Waals surface area contributed by atoms with Gasteiger partial charge in [0.2, 0.25) is 5.91 Å². The molecule has 0 bridgehead atoms. The SMILES string of the molecule is CN(C(=O)CCc1cccc(F)c1Cl)[C@H](COC(=O)Nc1cc2ccc(F)cc2cn1)CC(C)(C)O. The van der Waals surface area contributed by atoms with E-state index >= 15 is 0 Å². The highest BCUT2D eigenvalue weighted by Crippen LogP contribution is 2.22. The van der Waals surface area contributed by atoms with Gasteiger partial charge in [-0.15, -0.1) is 0 Å². The number of nitrogens with one attached hydrogen (secondary N) is 1. The maximum atomic E-state index is 13.7. The first-order chi connectivity index (χ1) is 16.9. The second-order valence-corrected chi connectivity index (χ2v) is 9.55. The van der Waals surface area contributed by atoms with E-state index in [0.717, 1.165) is 0 Å². The first-order valence-corrected chi connectivity index (χ1v) is 11.7.